The summed E-state index contributed by atoms with van der Waals surface area (Å²) in [6.45, 7) is 4.11. The van der Waals surface area contributed by atoms with Gasteiger partial charge >= 0.3 is 5.97 Å². The highest BCUT2D eigenvalue weighted by Gasteiger charge is 2.12. The lowest BCUT2D eigenvalue weighted by atomic mass is 10.1. The van der Waals surface area contributed by atoms with E-state index >= 15 is 0 Å². The van der Waals surface area contributed by atoms with Crippen LogP contribution < -0.4 is 10.1 Å². The summed E-state index contributed by atoms with van der Waals surface area (Å²) in [6, 6.07) is 11.8. The lowest BCUT2D eigenvalue weighted by molar-refractivity contribution is -0.113. The molecule has 0 aliphatic rings. The Bertz CT molecular complexity index is 1030. The summed E-state index contributed by atoms with van der Waals surface area (Å²) in [7, 11) is 0. The van der Waals surface area contributed by atoms with E-state index < -0.39 is 5.97 Å². The Hall–Kier alpha value is -3.33. The number of aromatic carboxylic acids is 1. The average molecular weight is 413 g/mol. The lowest BCUT2D eigenvalue weighted by Gasteiger charge is -2.08. The van der Waals surface area contributed by atoms with Crippen molar-refractivity contribution in [2.24, 2.45) is 0 Å². The molecule has 3 aromatic rings. The third-order valence-electron chi connectivity index (χ3n) is 4.07. The molecule has 3 rings (SSSR count). The monoisotopic (exact) mass is 413 g/mol. The zero-order valence-electron chi connectivity index (χ0n) is 15.8. The van der Waals surface area contributed by atoms with Crippen LogP contribution in [0.2, 0.25) is 0 Å². The third kappa shape index (κ3) is 5.58. The minimum absolute atomic E-state index is 0.0385. The van der Waals surface area contributed by atoms with Gasteiger partial charge in [-0.25, -0.2) is 4.79 Å². The van der Waals surface area contributed by atoms with Gasteiger partial charge in [0.2, 0.25) is 5.91 Å². The number of hydrogen-bond acceptors (Lipinski definition) is 7. The molecule has 0 atom stereocenters. The maximum atomic E-state index is 12.1. The third-order valence-corrected chi connectivity index (χ3v) is 4.89. The van der Waals surface area contributed by atoms with E-state index in [4.69, 9.17) is 14.3 Å². The van der Waals surface area contributed by atoms with Crippen LogP contribution in [-0.2, 0) is 11.4 Å². The summed E-state index contributed by atoms with van der Waals surface area (Å²) < 4.78 is 11.2. The molecule has 1 amide bonds. The summed E-state index contributed by atoms with van der Waals surface area (Å²) in [4.78, 5) is 23.0. The predicted octanol–water partition coefficient (Wildman–Crippen LogP) is 3.69. The number of amides is 1. The fraction of sp³-hybridized carbons (Fsp3) is 0.200. The Kier molecular flexibility index (Phi) is 6.50. The van der Waals surface area contributed by atoms with Crippen LogP contribution in [0, 0.1) is 13.8 Å². The van der Waals surface area contributed by atoms with Gasteiger partial charge in [-0.1, -0.05) is 30.0 Å². The SMILES string of the molecule is Cc1cccc(OCc2nnc(SCC(=O)Nc3cccc(C(=O)O)c3)o2)c1C. The van der Waals surface area contributed by atoms with Gasteiger partial charge in [0.25, 0.3) is 11.1 Å². The van der Waals surface area contributed by atoms with Crippen LogP contribution in [-0.4, -0.2) is 32.9 Å². The van der Waals surface area contributed by atoms with Gasteiger partial charge in [-0.2, -0.15) is 0 Å². The molecule has 0 saturated heterocycles. The molecule has 0 fully saturated rings. The Morgan fingerprint density at radius 2 is 1.97 bits per heavy atom. The van der Waals surface area contributed by atoms with E-state index in [0.29, 0.717) is 11.6 Å². The number of hydrogen-bond donors (Lipinski definition) is 2. The number of anilines is 1. The molecule has 29 heavy (non-hydrogen) atoms. The Morgan fingerprint density at radius 1 is 1.17 bits per heavy atom. The molecule has 9 heteroatoms. The van der Waals surface area contributed by atoms with Crippen LogP contribution in [0.25, 0.3) is 0 Å². The van der Waals surface area contributed by atoms with Gasteiger partial charge in [0.05, 0.1) is 11.3 Å². The molecule has 1 heterocycles. The number of ether oxygens (including phenoxy) is 1. The van der Waals surface area contributed by atoms with Crippen molar-refractivity contribution in [3.63, 3.8) is 0 Å². The lowest BCUT2D eigenvalue weighted by Crippen LogP contribution is -2.14. The van der Waals surface area contributed by atoms with E-state index in [2.05, 4.69) is 15.5 Å². The van der Waals surface area contributed by atoms with Gasteiger partial charge in [0.1, 0.15) is 5.75 Å². The Morgan fingerprint density at radius 3 is 2.76 bits per heavy atom. The van der Waals surface area contributed by atoms with Gasteiger partial charge in [0, 0.05) is 5.69 Å². The van der Waals surface area contributed by atoms with E-state index in [1.165, 1.54) is 12.1 Å². The molecule has 0 saturated carbocycles. The average Bonchev–Trinajstić information content (AvgIpc) is 3.15. The van der Waals surface area contributed by atoms with Crippen molar-refractivity contribution in [2.75, 3.05) is 11.1 Å². The zero-order valence-corrected chi connectivity index (χ0v) is 16.7. The molecule has 0 spiro atoms. The molecule has 0 unspecified atom stereocenters. The second-order valence-electron chi connectivity index (χ2n) is 6.17. The van der Waals surface area contributed by atoms with Crippen molar-refractivity contribution in [2.45, 2.75) is 25.7 Å². The fourth-order valence-corrected chi connectivity index (χ4v) is 3.01. The van der Waals surface area contributed by atoms with Crippen molar-refractivity contribution >= 4 is 29.3 Å². The number of carbonyl (C=O) groups is 2. The molecule has 2 N–H and O–H groups in total. The number of thioether (sulfide) groups is 1. The molecule has 8 nitrogen and oxygen atoms in total. The Labute approximate surface area is 171 Å². The number of benzene rings is 2. The van der Waals surface area contributed by atoms with Crippen molar-refractivity contribution in [1.29, 1.82) is 0 Å². The quantitative estimate of drug-likeness (QED) is 0.537. The van der Waals surface area contributed by atoms with Crippen LogP contribution in [0.3, 0.4) is 0 Å². The second-order valence-corrected chi connectivity index (χ2v) is 7.10. The smallest absolute Gasteiger partial charge is 0.335 e. The molecule has 0 bridgehead atoms. The molecule has 2 aromatic carbocycles. The van der Waals surface area contributed by atoms with Gasteiger partial charge in [-0.05, 0) is 49.2 Å². The minimum Gasteiger partial charge on any atom is -0.484 e. The second kappa shape index (κ2) is 9.24. The van der Waals surface area contributed by atoms with Crippen LogP contribution in [0.15, 0.2) is 52.1 Å². The van der Waals surface area contributed by atoms with Crippen LogP contribution in [0.5, 0.6) is 5.75 Å². The highest BCUT2D eigenvalue weighted by Crippen LogP contribution is 2.22. The number of nitrogens with zero attached hydrogens (tertiary/aromatic N) is 2. The first-order valence-electron chi connectivity index (χ1n) is 8.70. The molecule has 150 valence electrons. The van der Waals surface area contributed by atoms with Gasteiger partial charge < -0.3 is 19.6 Å². The number of nitrogens with one attached hydrogen (secondary N) is 1. The highest BCUT2D eigenvalue weighted by molar-refractivity contribution is 7.99. The number of aryl methyl sites for hydroxylation is 1. The van der Waals surface area contributed by atoms with E-state index in [1.54, 1.807) is 12.1 Å². The maximum Gasteiger partial charge on any atom is 0.335 e. The first-order valence-corrected chi connectivity index (χ1v) is 9.68. The van der Waals surface area contributed by atoms with E-state index in [1.807, 2.05) is 32.0 Å². The van der Waals surface area contributed by atoms with Crippen molar-refractivity contribution in [1.82, 2.24) is 10.2 Å². The highest BCUT2D eigenvalue weighted by atomic mass is 32.2. The van der Waals surface area contributed by atoms with E-state index in [0.717, 1.165) is 28.6 Å². The molecule has 0 aliphatic heterocycles. The van der Waals surface area contributed by atoms with E-state index in [9.17, 15) is 9.59 Å². The van der Waals surface area contributed by atoms with Crippen molar-refractivity contribution in [3.8, 4) is 5.75 Å². The zero-order chi connectivity index (χ0) is 20.8. The molecular weight excluding hydrogens is 394 g/mol. The largest absolute Gasteiger partial charge is 0.484 e. The van der Waals surface area contributed by atoms with Gasteiger partial charge in [-0.3, -0.25) is 4.79 Å². The summed E-state index contributed by atoms with van der Waals surface area (Å²) in [5.74, 6) is -0.277. The molecule has 1 aromatic heterocycles. The van der Waals surface area contributed by atoms with Gasteiger partial charge in [-0.15, -0.1) is 10.2 Å². The van der Waals surface area contributed by atoms with Crippen molar-refractivity contribution in [3.05, 3.63) is 65.0 Å². The van der Waals surface area contributed by atoms with Crippen LogP contribution in [0.4, 0.5) is 5.69 Å². The minimum atomic E-state index is -1.06. The first kappa shape index (κ1) is 20.4. The maximum absolute atomic E-state index is 12.1. The molecule has 0 radical (unpaired) electrons. The fourth-order valence-electron chi connectivity index (χ4n) is 2.43. The summed E-state index contributed by atoms with van der Waals surface area (Å²) in [6.07, 6.45) is 0. The number of carboxylic acid groups (broad SMARTS) is 1. The van der Waals surface area contributed by atoms with E-state index in [-0.39, 0.29) is 29.1 Å². The predicted molar refractivity (Wildman–Crippen MR) is 107 cm³/mol. The van der Waals surface area contributed by atoms with Crippen molar-refractivity contribution < 1.29 is 23.8 Å². The first-order chi connectivity index (χ1) is 13.9. The Balaban J connectivity index is 1.50. The summed E-state index contributed by atoms with van der Waals surface area (Å²) >= 11 is 1.08. The normalized spacial score (nSPS) is 10.6. The molecular formula is C20H19N3O5S. The summed E-state index contributed by atoms with van der Waals surface area (Å²) in [5.41, 5.74) is 2.68. The standard InChI is InChI=1S/C20H19N3O5S/c1-12-5-3-8-16(13(12)2)27-10-18-22-23-20(28-18)29-11-17(24)21-15-7-4-6-14(9-15)19(25)26/h3-9H,10-11H2,1-2H3,(H,21,24)(H,25,26). The topological polar surface area (TPSA) is 115 Å². The molecule has 0 aliphatic carbocycles. The van der Waals surface area contributed by atoms with Crippen LogP contribution >= 0.6 is 11.8 Å². The van der Waals surface area contributed by atoms with Gasteiger partial charge in [0.15, 0.2) is 6.61 Å². The number of rotatable bonds is 8. The number of aromatic nitrogens is 2. The number of carboxylic acids is 1. The number of carbonyl (C=O) groups excluding carboxylic acids is 1. The van der Waals surface area contributed by atoms with Crippen LogP contribution in [0.1, 0.15) is 27.4 Å². The summed E-state index contributed by atoms with van der Waals surface area (Å²) in [5, 5.41) is 19.7.